The van der Waals surface area contributed by atoms with Gasteiger partial charge in [-0.2, -0.15) is 0 Å². The molecule has 1 aromatic heterocycles. The van der Waals surface area contributed by atoms with Crippen LogP contribution in [0.15, 0.2) is 48.8 Å². The van der Waals surface area contributed by atoms with Gasteiger partial charge in [-0.25, -0.2) is 0 Å². The third kappa shape index (κ3) is 5.16. The fourth-order valence-electron chi connectivity index (χ4n) is 3.82. The molecule has 6 heteroatoms. The molecule has 1 fully saturated rings. The van der Waals surface area contributed by atoms with Gasteiger partial charge in [-0.15, -0.1) is 0 Å². The molecule has 2 heterocycles. The van der Waals surface area contributed by atoms with Gasteiger partial charge in [-0.05, 0) is 41.7 Å². The summed E-state index contributed by atoms with van der Waals surface area (Å²) in [5.41, 5.74) is 3.44. The normalized spacial score (nSPS) is 19.9. The summed E-state index contributed by atoms with van der Waals surface area (Å²) < 4.78 is 0. The topological polar surface area (TPSA) is 82.5 Å². The Morgan fingerprint density at radius 3 is 2.46 bits per heavy atom. The van der Waals surface area contributed by atoms with Crippen LogP contribution in [-0.4, -0.2) is 40.0 Å². The van der Waals surface area contributed by atoms with Crippen molar-refractivity contribution >= 4 is 11.9 Å². The highest BCUT2D eigenvalue weighted by Crippen LogP contribution is 2.25. The van der Waals surface area contributed by atoms with Gasteiger partial charge in [0.2, 0.25) is 5.91 Å². The van der Waals surface area contributed by atoms with Crippen LogP contribution >= 0.6 is 0 Å². The van der Waals surface area contributed by atoms with Crippen LogP contribution in [0.3, 0.4) is 0 Å². The van der Waals surface area contributed by atoms with Crippen LogP contribution in [0.5, 0.6) is 0 Å². The molecule has 2 aromatic rings. The van der Waals surface area contributed by atoms with Crippen LogP contribution in [-0.2, 0) is 29.1 Å². The van der Waals surface area contributed by atoms with Gasteiger partial charge in [0.05, 0.1) is 11.8 Å². The highest BCUT2D eigenvalue weighted by Gasteiger charge is 2.35. The first-order chi connectivity index (χ1) is 13.6. The number of benzene rings is 1. The molecule has 3 rings (SSSR count). The predicted octanol–water partition coefficient (Wildman–Crippen LogP) is 2.48. The zero-order chi connectivity index (χ0) is 19.9. The molecule has 0 saturated carbocycles. The van der Waals surface area contributed by atoms with E-state index in [4.69, 9.17) is 0 Å². The molecule has 0 radical (unpaired) electrons. The van der Waals surface area contributed by atoms with Crippen molar-refractivity contribution in [3.8, 4) is 0 Å². The molecule has 6 nitrogen and oxygen atoms in total. The number of nitrogens with one attached hydrogen (secondary N) is 1. The molecule has 0 aliphatic carbocycles. The van der Waals surface area contributed by atoms with Crippen molar-refractivity contribution in [1.82, 2.24) is 15.2 Å². The molecule has 1 aliphatic heterocycles. The van der Waals surface area contributed by atoms with Crippen LogP contribution in [0.1, 0.15) is 30.0 Å². The molecular formula is C22H27N3O3. The molecule has 2 N–H and O–H groups in total. The lowest BCUT2D eigenvalue weighted by Gasteiger charge is -2.35. The number of hydrogen-bond acceptors (Lipinski definition) is 4. The second-order valence-electron chi connectivity index (χ2n) is 7.36. The Hall–Kier alpha value is -2.73. The number of aryl methyl sites for hydroxylation is 1. The second kappa shape index (κ2) is 9.46. The SMILES string of the molecule is CCc1ccccc1CN1C[C@H](C(=O)O)C[C@@H](C(=O)NCc2ccncc2)C1. The first kappa shape index (κ1) is 20.0. The van der Waals surface area contributed by atoms with Crippen molar-refractivity contribution in [2.24, 2.45) is 11.8 Å². The number of pyridine rings is 1. The van der Waals surface area contributed by atoms with Gasteiger partial charge in [0.1, 0.15) is 0 Å². The smallest absolute Gasteiger partial charge is 0.307 e. The molecule has 2 atom stereocenters. The summed E-state index contributed by atoms with van der Waals surface area (Å²) in [7, 11) is 0. The highest BCUT2D eigenvalue weighted by atomic mass is 16.4. The Bertz CT molecular complexity index is 810. The Labute approximate surface area is 165 Å². The fourth-order valence-corrected chi connectivity index (χ4v) is 3.82. The quantitative estimate of drug-likeness (QED) is 0.770. The number of hydrogen-bond donors (Lipinski definition) is 2. The maximum absolute atomic E-state index is 12.7. The van der Waals surface area contributed by atoms with E-state index in [0.717, 1.165) is 12.0 Å². The van der Waals surface area contributed by atoms with Crippen LogP contribution < -0.4 is 5.32 Å². The van der Waals surface area contributed by atoms with Crippen molar-refractivity contribution < 1.29 is 14.7 Å². The van der Waals surface area contributed by atoms with E-state index in [1.54, 1.807) is 12.4 Å². The Morgan fingerprint density at radius 2 is 1.79 bits per heavy atom. The lowest BCUT2D eigenvalue weighted by atomic mass is 9.88. The zero-order valence-electron chi connectivity index (χ0n) is 16.2. The van der Waals surface area contributed by atoms with Crippen LogP contribution in [0, 0.1) is 11.8 Å². The second-order valence-corrected chi connectivity index (χ2v) is 7.36. The number of likely N-dealkylation sites (tertiary alicyclic amines) is 1. The highest BCUT2D eigenvalue weighted by molar-refractivity contribution is 5.80. The van der Waals surface area contributed by atoms with E-state index >= 15 is 0 Å². The molecule has 0 unspecified atom stereocenters. The summed E-state index contributed by atoms with van der Waals surface area (Å²) in [6.07, 6.45) is 4.69. The standard InChI is InChI=1S/C22H27N3O3/c1-2-17-5-3-4-6-18(17)13-25-14-19(11-20(15-25)22(27)28)21(26)24-12-16-7-9-23-10-8-16/h3-10,19-20H,2,11-15H2,1H3,(H,24,26)(H,27,28)/t19-,20-/m1/s1. The minimum Gasteiger partial charge on any atom is -0.481 e. The molecule has 0 spiro atoms. The number of aromatic nitrogens is 1. The van der Waals surface area contributed by atoms with Crippen molar-refractivity contribution in [1.29, 1.82) is 0 Å². The van der Waals surface area contributed by atoms with E-state index in [0.29, 0.717) is 32.6 Å². The summed E-state index contributed by atoms with van der Waals surface area (Å²) in [6, 6.07) is 11.9. The molecule has 1 aliphatic rings. The Kier molecular flexibility index (Phi) is 6.76. The average molecular weight is 381 g/mol. The van der Waals surface area contributed by atoms with Gasteiger partial charge in [0, 0.05) is 38.6 Å². The van der Waals surface area contributed by atoms with Crippen molar-refractivity contribution in [3.63, 3.8) is 0 Å². The zero-order valence-corrected chi connectivity index (χ0v) is 16.2. The Balaban J connectivity index is 1.67. The molecule has 1 aromatic carbocycles. The average Bonchev–Trinajstić information content (AvgIpc) is 2.73. The van der Waals surface area contributed by atoms with E-state index in [-0.39, 0.29) is 11.8 Å². The number of piperidine rings is 1. The lowest BCUT2D eigenvalue weighted by Crippen LogP contribution is -2.47. The molecule has 148 valence electrons. The van der Waals surface area contributed by atoms with Crippen molar-refractivity contribution in [2.75, 3.05) is 13.1 Å². The summed E-state index contributed by atoms with van der Waals surface area (Å²) in [5.74, 6) is -1.78. The van der Waals surface area contributed by atoms with E-state index in [2.05, 4.69) is 34.3 Å². The number of rotatable bonds is 7. The first-order valence-electron chi connectivity index (χ1n) is 9.75. The molecule has 28 heavy (non-hydrogen) atoms. The molecule has 1 amide bonds. The van der Waals surface area contributed by atoms with E-state index in [1.165, 1.54) is 11.1 Å². The maximum atomic E-state index is 12.7. The lowest BCUT2D eigenvalue weighted by molar-refractivity contribution is -0.145. The number of carboxylic acids is 1. The number of carbonyl (C=O) groups excluding carboxylic acids is 1. The molecule has 0 bridgehead atoms. The number of nitrogens with zero attached hydrogens (tertiary/aromatic N) is 2. The van der Waals surface area contributed by atoms with Gasteiger partial charge in [0.15, 0.2) is 0 Å². The van der Waals surface area contributed by atoms with Gasteiger partial charge in [0.25, 0.3) is 0 Å². The van der Waals surface area contributed by atoms with E-state index < -0.39 is 11.9 Å². The summed E-state index contributed by atoms with van der Waals surface area (Å²) in [6.45, 7) is 4.26. The van der Waals surface area contributed by atoms with Crippen LogP contribution in [0.4, 0.5) is 0 Å². The minimum absolute atomic E-state index is 0.0865. The van der Waals surface area contributed by atoms with E-state index in [9.17, 15) is 14.7 Å². The van der Waals surface area contributed by atoms with Gasteiger partial charge >= 0.3 is 5.97 Å². The predicted molar refractivity (Wildman–Crippen MR) is 106 cm³/mol. The minimum atomic E-state index is -0.833. The molecule has 1 saturated heterocycles. The Morgan fingerprint density at radius 1 is 1.11 bits per heavy atom. The summed E-state index contributed by atoms with van der Waals surface area (Å²) in [5, 5.41) is 12.5. The summed E-state index contributed by atoms with van der Waals surface area (Å²) in [4.78, 5) is 30.4. The maximum Gasteiger partial charge on any atom is 0.307 e. The van der Waals surface area contributed by atoms with Crippen molar-refractivity contribution in [3.05, 3.63) is 65.5 Å². The third-order valence-corrected chi connectivity index (χ3v) is 5.36. The monoisotopic (exact) mass is 381 g/mol. The van der Waals surface area contributed by atoms with Crippen molar-refractivity contribution in [2.45, 2.75) is 32.9 Å². The van der Waals surface area contributed by atoms with Gasteiger partial charge in [-0.1, -0.05) is 31.2 Å². The number of carbonyl (C=O) groups is 2. The molecular weight excluding hydrogens is 354 g/mol. The number of amides is 1. The van der Waals surface area contributed by atoms with Crippen LogP contribution in [0.2, 0.25) is 0 Å². The van der Waals surface area contributed by atoms with Crippen LogP contribution in [0.25, 0.3) is 0 Å². The number of aliphatic carboxylic acids is 1. The summed E-state index contributed by atoms with van der Waals surface area (Å²) >= 11 is 0. The third-order valence-electron chi connectivity index (χ3n) is 5.36. The van der Waals surface area contributed by atoms with Gasteiger partial charge < -0.3 is 10.4 Å². The first-order valence-corrected chi connectivity index (χ1v) is 9.75. The fraction of sp³-hybridized carbons (Fsp3) is 0.409. The van der Waals surface area contributed by atoms with E-state index in [1.807, 2.05) is 24.3 Å². The largest absolute Gasteiger partial charge is 0.481 e. The number of carboxylic acid groups (broad SMARTS) is 1. The van der Waals surface area contributed by atoms with Gasteiger partial charge in [-0.3, -0.25) is 19.5 Å².